The second kappa shape index (κ2) is 8.21. The lowest BCUT2D eigenvalue weighted by molar-refractivity contribution is -0.115. The Bertz CT molecular complexity index is 1170. The van der Waals surface area contributed by atoms with Crippen molar-refractivity contribution in [3.8, 4) is 5.69 Å². The van der Waals surface area contributed by atoms with E-state index in [0.29, 0.717) is 16.8 Å². The number of anilines is 1. The molecule has 1 amide bonds. The first-order valence-electron chi connectivity index (χ1n) is 9.44. The van der Waals surface area contributed by atoms with E-state index in [1.165, 1.54) is 30.0 Å². The number of primary sulfonamides is 1. The van der Waals surface area contributed by atoms with Crippen molar-refractivity contribution in [2.24, 2.45) is 5.14 Å². The summed E-state index contributed by atoms with van der Waals surface area (Å²) in [6.45, 7) is 1.75. The first kappa shape index (κ1) is 20.6. The van der Waals surface area contributed by atoms with E-state index in [2.05, 4.69) is 15.4 Å². The minimum atomic E-state index is -3.84. The molecule has 1 unspecified atom stereocenters. The van der Waals surface area contributed by atoms with Crippen LogP contribution in [0.5, 0.6) is 0 Å². The van der Waals surface area contributed by atoms with Gasteiger partial charge < -0.3 is 5.32 Å². The van der Waals surface area contributed by atoms with Crippen molar-refractivity contribution < 1.29 is 13.2 Å². The summed E-state index contributed by atoms with van der Waals surface area (Å²) in [4.78, 5) is 17.2. The monoisotopic (exact) mass is 443 g/mol. The van der Waals surface area contributed by atoms with E-state index in [-0.39, 0.29) is 10.8 Å². The number of carbonyl (C=O) groups excluding carboxylic acids is 1. The predicted octanol–water partition coefficient (Wildman–Crippen LogP) is 2.91. The van der Waals surface area contributed by atoms with Gasteiger partial charge in [-0.2, -0.15) is 0 Å². The molecule has 10 heteroatoms. The number of para-hydroxylation sites is 1. The summed E-state index contributed by atoms with van der Waals surface area (Å²) in [6.07, 6.45) is 2.18. The zero-order valence-corrected chi connectivity index (χ0v) is 17.9. The zero-order valence-electron chi connectivity index (χ0n) is 16.2. The van der Waals surface area contributed by atoms with Gasteiger partial charge in [-0.05, 0) is 50.1 Å². The number of thioether (sulfide) groups is 1. The number of nitrogens with one attached hydrogen (secondary N) is 1. The lowest BCUT2D eigenvalue weighted by atomic mass is 10.3. The van der Waals surface area contributed by atoms with Gasteiger partial charge in [0.25, 0.3) is 0 Å². The third kappa shape index (κ3) is 4.72. The van der Waals surface area contributed by atoms with Crippen LogP contribution in [0.3, 0.4) is 0 Å². The molecule has 0 radical (unpaired) electrons. The molecule has 30 heavy (non-hydrogen) atoms. The third-order valence-corrected chi connectivity index (χ3v) is 6.50. The van der Waals surface area contributed by atoms with Gasteiger partial charge in [0.05, 0.1) is 15.8 Å². The Morgan fingerprint density at radius 3 is 2.60 bits per heavy atom. The second-order valence-corrected chi connectivity index (χ2v) is 9.97. The Morgan fingerprint density at radius 2 is 1.93 bits per heavy atom. The molecule has 3 aromatic rings. The maximum atomic E-state index is 12.6. The fourth-order valence-corrected chi connectivity index (χ4v) is 4.24. The van der Waals surface area contributed by atoms with Crippen LogP contribution < -0.4 is 10.5 Å². The van der Waals surface area contributed by atoms with Crippen molar-refractivity contribution in [1.29, 1.82) is 0 Å². The molecule has 0 spiro atoms. The van der Waals surface area contributed by atoms with Gasteiger partial charge >= 0.3 is 0 Å². The summed E-state index contributed by atoms with van der Waals surface area (Å²) in [6, 6.07) is 15.6. The fraction of sp³-hybridized carbons (Fsp3) is 0.250. The molecule has 8 nitrogen and oxygen atoms in total. The molecule has 156 valence electrons. The normalized spacial score (nSPS) is 15.0. The van der Waals surface area contributed by atoms with Crippen LogP contribution in [-0.4, -0.2) is 34.3 Å². The maximum Gasteiger partial charge on any atom is 0.238 e. The van der Waals surface area contributed by atoms with E-state index >= 15 is 0 Å². The van der Waals surface area contributed by atoms with Gasteiger partial charge in [-0.15, -0.1) is 5.10 Å². The smallest absolute Gasteiger partial charge is 0.238 e. The zero-order chi connectivity index (χ0) is 21.3. The van der Waals surface area contributed by atoms with Gasteiger partial charge in [-0.1, -0.05) is 36.0 Å². The van der Waals surface area contributed by atoms with Gasteiger partial charge in [-0.3, -0.25) is 4.79 Å². The summed E-state index contributed by atoms with van der Waals surface area (Å²) in [5, 5.41) is 12.5. The lowest BCUT2D eigenvalue weighted by Crippen LogP contribution is -2.23. The summed E-state index contributed by atoms with van der Waals surface area (Å²) in [7, 11) is -3.84. The average molecular weight is 444 g/mol. The van der Waals surface area contributed by atoms with E-state index in [4.69, 9.17) is 5.14 Å². The molecule has 1 atom stereocenters. The number of rotatable bonds is 7. The van der Waals surface area contributed by atoms with E-state index in [9.17, 15) is 13.2 Å². The number of sulfonamides is 1. The second-order valence-electron chi connectivity index (χ2n) is 7.10. The summed E-state index contributed by atoms with van der Waals surface area (Å²) in [5.74, 6) is 1.03. The lowest BCUT2D eigenvalue weighted by Gasteiger charge is -2.11. The first-order chi connectivity index (χ1) is 14.3. The molecule has 1 saturated carbocycles. The average Bonchev–Trinajstić information content (AvgIpc) is 3.48. The van der Waals surface area contributed by atoms with Crippen LogP contribution in [0.2, 0.25) is 0 Å². The summed E-state index contributed by atoms with van der Waals surface area (Å²) in [5.41, 5.74) is 1.30. The highest BCUT2D eigenvalue weighted by Crippen LogP contribution is 2.40. The van der Waals surface area contributed by atoms with Crippen LogP contribution in [0.1, 0.15) is 31.5 Å². The molecule has 3 N–H and O–H groups in total. The molecule has 0 saturated heterocycles. The molecule has 0 aliphatic heterocycles. The number of hydrogen-bond donors (Lipinski definition) is 2. The molecule has 4 rings (SSSR count). The number of aromatic nitrogens is 3. The Balaban J connectivity index is 1.49. The maximum absolute atomic E-state index is 12.6. The summed E-state index contributed by atoms with van der Waals surface area (Å²) < 4.78 is 24.8. The SMILES string of the molecule is CC(Sc1nc(C2CC2)n(-c2ccccc2)n1)C(=O)Nc1cccc(S(N)(=O)=O)c1. The molecule has 0 bridgehead atoms. The van der Waals surface area contributed by atoms with Crippen LogP contribution in [0.15, 0.2) is 64.6 Å². The van der Waals surface area contributed by atoms with Crippen LogP contribution in [0, 0.1) is 0 Å². The fourth-order valence-electron chi connectivity index (χ4n) is 2.93. The Labute approximate surface area is 178 Å². The van der Waals surface area contributed by atoms with Gasteiger partial charge in [0.15, 0.2) is 0 Å². The molecule has 1 aromatic heterocycles. The van der Waals surface area contributed by atoms with Crippen molar-refractivity contribution in [3.63, 3.8) is 0 Å². The molecule has 1 heterocycles. The Hall–Kier alpha value is -2.69. The highest BCUT2D eigenvalue weighted by atomic mass is 32.2. The highest BCUT2D eigenvalue weighted by molar-refractivity contribution is 8.00. The van der Waals surface area contributed by atoms with Crippen molar-refractivity contribution in [2.45, 2.75) is 41.0 Å². The molecule has 1 aliphatic carbocycles. The van der Waals surface area contributed by atoms with Crippen molar-refractivity contribution >= 4 is 33.4 Å². The molecule has 1 aliphatic rings. The third-order valence-electron chi connectivity index (χ3n) is 4.64. The predicted molar refractivity (Wildman–Crippen MR) is 115 cm³/mol. The quantitative estimate of drug-likeness (QED) is 0.542. The van der Waals surface area contributed by atoms with Crippen molar-refractivity contribution in [3.05, 3.63) is 60.4 Å². The van der Waals surface area contributed by atoms with E-state index in [0.717, 1.165) is 24.4 Å². The van der Waals surface area contributed by atoms with Crippen molar-refractivity contribution in [2.75, 3.05) is 5.32 Å². The van der Waals surface area contributed by atoms with Gasteiger partial charge in [-0.25, -0.2) is 23.2 Å². The number of benzene rings is 2. The number of carbonyl (C=O) groups is 1. The molecule has 1 fully saturated rings. The van der Waals surface area contributed by atoms with E-state index < -0.39 is 15.3 Å². The number of nitrogens with zero attached hydrogens (tertiary/aromatic N) is 3. The van der Waals surface area contributed by atoms with Gasteiger partial charge in [0, 0.05) is 11.6 Å². The standard InChI is InChI=1S/C20H21N5O3S2/c1-13(19(26)22-15-6-5-9-17(12-15)30(21,27)28)29-20-23-18(14-10-11-14)25(24-20)16-7-3-2-4-8-16/h2-9,12-14H,10-11H2,1H3,(H,22,26)(H2,21,27,28). The van der Waals surface area contributed by atoms with E-state index in [1.807, 2.05) is 35.0 Å². The Morgan fingerprint density at radius 1 is 1.20 bits per heavy atom. The highest BCUT2D eigenvalue weighted by Gasteiger charge is 2.31. The number of amides is 1. The van der Waals surface area contributed by atoms with Crippen LogP contribution >= 0.6 is 11.8 Å². The molecular weight excluding hydrogens is 422 g/mol. The molecule has 2 aromatic carbocycles. The Kier molecular flexibility index (Phi) is 5.63. The largest absolute Gasteiger partial charge is 0.325 e. The minimum Gasteiger partial charge on any atom is -0.325 e. The first-order valence-corrected chi connectivity index (χ1v) is 11.9. The topological polar surface area (TPSA) is 120 Å². The van der Waals surface area contributed by atoms with Gasteiger partial charge in [0.2, 0.25) is 21.1 Å². The van der Waals surface area contributed by atoms with Gasteiger partial charge in [0.1, 0.15) is 5.82 Å². The minimum absolute atomic E-state index is 0.0575. The van der Waals surface area contributed by atoms with E-state index in [1.54, 1.807) is 13.0 Å². The number of hydrogen-bond acceptors (Lipinski definition) is 6. The molecular formula is C20H21N5O3S2. The van der Waals surface area contributed by atoms with Crippen LogP contribution in [0.4, 0.5) is 5.69 Å². The van der Waals surface area contributed by atoms with Crippen LogP contribution in [-0.2, 0) is 14.8 Å². The van der Waals surface area contributed by atoms with Crippen LogP contribution in [0.25, 0.3) is 5.69 Å². The van der Waals surface area contributed by atoms with Crippen molar-refractivity contribution in [1.82, 2.24) is 14.8 Å². The number of nitrogens with two attached hydrogens (primary N) is 1. The summed E-state index contributed by atoms with van der Waals surface area (Å²) >= 11 is 1.26.